The maximum Gasteiger partial charge on any atom is 0.128 e. The summed E-state index contributed by atoms with van der Waals surface area (Å²) >= 11 is 1.74. The number of hydrogen-bond acceptors (Lipinski definition) is 5. The molecule has 1 heterocycles. The van der Waals surface area contributed by atoms with Gasteiger partial charge in [-0.1, -0.05) is 13.0 Å². The minimum absolute atomic E-state index is 0.0301. The van der Waals surface area contributed by atoms with Crippen molar-refractivity contribution in [3.8, 4) is 5.75 Å². The van der Waals surface area contributed by atoms with Crippen LogP contribution in [0.1, 0.15) is 26.0 Å². The van der Waals surface area contributed by atoms with Crippen molar-refractivity contribution in [2.45, 2.75) is 37.9 Å². The largest absolute Gasteiger partial charge is 0.490 e. The van der Waals surface area contributed by atoms with Crippen molar-refractivity contribution >= 4 is 22.7 Å². The number of nitrogens with one attached hydrogen (secondary N) is 2. The Morgan fingerprint density at radius 3 is 2.87 bits per heavy atom. The van der Waals surface area contributed by atoms with E-state index >= 15 is 0 Å². The Kier molecular flexibility index (Phi) is 6.35. The molecule has 0 amide bonds. The van der Waals surface area contributed by atoms with Crippen molar-refractivity contribution in [2.24, 2.45) is 0 Å². The molecular formula is C17H26N2O3S. The molecule has 2 atom stereocenters. The van der Waals surface area contributed by atoms with Gasteiger partial charge in [-0.15, -0.1) is 11.8 Å². The van der Waals surface area contributed by atoms with Crippen LogP contribution in [0.2, 0.25) is 0 Å². The lowest BCUT2D eigenvalue weighted by atomic mass is 10.2. The third-order valence-electron chi connectivity index (χ3n) is 4.12. The van der Waals surface area contributed by atoms with Crippen LogP contribution in [0.15, 0.2) is 24.3 Å². The Labute approximate surface area is 141 Å². The predicted molar refractivity (Wildman–Crippen MR) is 95.9 cm³/mol. The van der Waals surface area contributed by atoms with Crippen molar-refractivity contribution in [1.82, 2.24) is 10.3 Å². The van der Waals surface area contributed by atoms with Crippen molar-refractivity contribution in [3.05, 3.63) is 30.0 Å². The fourth-order valence-corrected chi connectivity index (χ4v) is 2.83. The highest BCUT2D eigenvalue weighted by molar-refractivity contribution is 7.99. The van der Waals surface area contributed by atoms with Crippen LogP contribution in [0.4, 0.5) is 0 Å². The molecule has 0 bridgehead atoms. The third kappa shape index (κ3) is 4.64. The lowest BCUT2D eigenvalue weighted by Crippen LogP contribution is -2.44. The number of benzene rings is 1. The zero-order valence-corrected chi connectivity index (χ0v) is 14.7. The highest BCUT2D eigenvalue weighted by atomic mass is 32.2. The van der Waals surface area contributed by atoms with E-state index in [0.717, 1.165) is 23.0 Å². The average Bonchev–Trinajstić information content (AvgIpc) is 3.01. The molecule has 128 valence electrons. The van der Waals surface area contributed by atoms with E-state index in [2.05, 4.69) is 30.4 Å². The van der Waals surface area contributed by atoms with Crippen LogP contribution in [0.3, 0.4) is 0 Å². The zero-order chi connectivity index (χ0) is 16.9. The molecule has 5 nitrogen and oxygen atoms in total. The van der Waals surface area contributed by atoms with Gasteiger partial charge in [-0.05, 0) is 37.8 Å². The molecule has 0 spiro atoms. The number of aliphatic hydroxyl groups is 2. The van der Waals surface area contributed by atoms with Gasteiger partial charge in [0, 0.05) is 23.1 Å². The lowest BCUT2D eigenvalue weighted by molar-refractivity contribution is 0.103. The van der Waals surface area contributed by atoms with Crippen LogP contribution in [-0.4, -0.2) is 45.6 Å². The van der Waals surface area contributed by atoms with E-state index in [0.29, 0.717) is 12.3 Å². The first-order chi connectivity index (χ1) is 11.0. The minimum Gasteiger partial charge on any atom is -0.490 e. The van der Waals surface area contributed by atoms with Gasteiger partial charge in [-0.25, -0.2) is 0 Å². The standard InChI is InChI=1S/C17H26N2O3S/c1-4-17(2,23-3)18-9-13(21)11-22-16-7-5-6-15-14(16)8-12(10-20)19-15/h5-8,13,18-21H,4,9-11H2,1-3H3. The maximum atomic E-state index is 10.1. The van der Waals surface area contributed by atoms with Gasteiger partial charge in [0.1, 0.15) is 18.5 Å². The van der Waals surface area contributed by atoms with E-state index < -0.39 is 6.10 Å². The van der Waals surface area contributed by atoms with Gasteiger partial charge in [0.25, 0.3) is 0 Å². The van der Waals surface area contributed by atoms with E-state index in [9.17, 15) is 10.2 Å². The van der Waals surface area contributed by atoms with Gasteiger partial charge in [-0.3, -0.25) is 0 Å². The van der Waals surface area contributed by atoms with E-state index in [1.807, 2.05) is 24.3 Å². The molecule has 0 aliphatic rings. The Morgan fingerprint density at radius 2 is 2.22 bits per heavy atom. The lowest BCUT2D eigenvalue weighted by Gasteiger charge is -2.28. The SMILES string of the molecule is CCC(C)(NCC(O)COc1cccc2[nH]c(CO)cc12)SC. The molecule has 2 unspecified atom stereocenters. The van der Waals surface area contributed by atoms with E-state index in [1.54, 1.807) is 11.8 Å². The summed E-state index contributed by atoms with van der Waals surface area (Å²) in [5.41, 5.74) is 1.66. The van der Waals surface area contributed by atoms with E-state index in [4.69, 9.17) is 4.74 Å². The molecule has 6 heteroatoms. The summed E-state index contributed by atoms with van der Waals surface area (Å²) in [5.74, 6) is 0.709. The maximum absolute atomic E-state index is 10.1. The van der Waals surface area contributed by atoms with E-state index in [1.165, 1.54) is 0 Å². The van der Waals surface area contributed by atoms with Crippen molar-refractivity contribution in [2.75, 3.05) is 19.4 Å². The van der Waals surface area contributed by atoms with E-state index in [-0.39, 0.29) is 18.1 Å². The summed E-state index contributed by atoms with van der Waals surface area (Å²) in [7, 11) is 0. The first-order valence-corrected chi connectivity index (χ1v) is 9.06. The second-order valence-electron chi connectivity index (χ2n) is 5.80. The van der Waals surface area contributed by atoms with Gasteiger partial charge in [-0.2, -0.15) is 0 Å². The fourth-order valence-electron chi connectivity index (χ4n) is 2.32. The molecule has 0 saturated carbocycles. The molecule has 1 aromatic carbocycles. The molecule has 0 aliphatic carbocycles. The number of H-pyrrole nitrogens is 1. The van der Waals surface area contributed by atoms with Crippen LogP contribution < -0.4 is 10.1 Å². The number of thioether (sulfide) groups is 1. The fraction of sp³-hybridized carbons (Fsp3) is 0.529. The summed E-state index contributed by atoms with van der Waals surface area (Å²) in [5, 5.41) is 23.7. The average molecular weight is 338 g/mol. The second kappa shape index (κ2) is 8.06. The monoisotopic (exact) mass is 338 g/mol. The van der Waals surface area contributed by atoms with Crippen LogP contribution in [-0.2, 0) is 6.61 Å². The number of aromatic amines is 1. The molecular weight excluding hydrogens is 312 g/mol. The van der Waals surface area contributed by atoms with Crippen LogP contribution in [0.5, 0.6) is 5.75 Å². The molecule has 2 rings (SSSR count). The van der Waals surface area contributed by atoms with Crippen LogP contribution in [0, 0.1) is 0 Å². The number of hydrogen-bond donors (Lipinski definition) is 4. The number of aliphatic hydroxyl groups excluding tert-OH is 2. The molecule has 2 aromatic rings. The Hall–Kier alpha value is -1.21. The van der Waals surface area contributed by atoms with Crippen LogP contribution in [0.25, 0.3) is 10.9 Å². The predicted octanol–water partition coefficient (Wildman–Crippen LogP) is 2.48. The Morgan fingerprint density at radius 1 is 1.43 bits per heavy atom. The molecule has 0 aliphatic heterocycles. The number of ether oxygens (including phenoxy) is 1. The zero-order valence-electron chi connectivity index (χ0n) is 13.9. The van der Waals surface area contributed by atoms with Crippen LogP contribution >= 0.6 is 11.8 Å². The highest BCUT2D eigenvalue weighted by Crippen LogP contribution is 2.26. The van der Waals surface area contributed by atoms with Gasteiger partial charge < -0.3 is 25.3 Å². The summed E-state index contributed by atoms with van der Waals surface area (Å²) in [6, 6.07) is 7.57. The first kappa shape index (κ1) is 18.1. The van der Waals surface area contributed by atoms with Gasteiger partial charge in [0.05, 0.1) is 11.5 Å². The first-order valence-electron chi connectivity index (χ1n) is 7.84. The molecule has 0 fully saturated rings. The molecule has 23 heavy (non-hydrogen) atoms. The van der Waals surface area contributed by atoms with Crippen molar-refractivity contribution in [3.63, 3.8) is 0 Å². The Bertz CT molecular complexity index is 625. The van der Waals surface area contributed by atoms with Gasteiger partial charge >= 0.3 is 0 Å². The number of aromatic nitrogens is 1. The summed E-state index contributed by atoms with van der Waals surface area (Å²) in [6.45, 7) is 4.92. The van der Waals surface area contributed by atoms with Gasteiger partial charge in [0.2, 0.25) is 0 Å². The Balaban J connectivity index is 1.94. The normalized spacial score (nSPS) is 15.5. The topological polar surface area (TPSA) is 77.5 Å². The smallest absolute Gasteiger partial charge is 0.128 e. The quantitative estimate of drug-likeness (QED) is 0.529. The molecule has 1 aromatic heterocycles. The summed E-state index contributed by atoms with van der Waals surface area (Å²) in [6.07, 6.45) is 2.46. The summed E-state index contributed by atoms with van der Waals surface area (Å²) < 4.78 is 5.77. The minimum atomic E-state index is -0.584. The second-order valence-corrected chi connectivity index (χ2v) is 7.11. The highest BCUT2D eigenvalue weighted by Gasteiger charge is 2.21. The third-order valence-corrected chi connectivity index (χ3v) is 5.45. The number of rotatable bonds is 9. The summed E-state index contributed by atoms with van der Waals surface area (Å²) in [4.78, 5) is 3.10. The van der Waals surface area contributed by atoms with Gasteiger partial charge in [0.15, 0.2) is 0 Å². The van der Waals surface area contributed by atoms with Crippen molar-refractivity contribution in [1.29, 1.82) is 0 Å². The molecule has 4 N–H and O–H groups in total. The molecule has 0 radical (unpaired) electrons. The number of fused-ring (bicyclic) bond motifs is 1. The van der Waals surface area contributed by atoms with Crippen molar-refractivity contribution < 1.29 is 14.9 Å². The molecule has 0 saturated heterocycles.